The van der Waals surface area contributed by atoms with E-state index in [-0.39, 0.29) is 5.70 Å². The average Bonchev–Trinajstić information content (AvgIpc) is 2.60. The van der Waals surface area contributed by atoms with Crippen LogP contribution in [0.4, 0.5) is 18.9 Å². The van der Waals surface area contributed by atoms with Crippen molar-refractivity contribution in [3.63, 3.8) is 0 Å². The van der Waals surface area contributed by atoms with Crippen LogP contribution in [0.3, 0.4) is 0 Å². The lowest BCUT2D eigenvalue weighted by Crippen LogP contribution is -2.55. The summed E-state index contributed by atoms with van der Waals surface area (Å²) in [6.07, 6.45) is -2.09. The smallest absolute Gasteiger partial charge is 0.355 e. The van der Waals surface area contributed by atoms with Crippen molar-refractivity contribution in [1.82, 2.24) is 0 Å². The van der Waals surface area contributed by atoms with Gasteiger partial charge >= 0.3 is 6.18 Å². The predicted molar refractivity (Wildman–Crippen MR) is 88.3 cm³/mol. The molecule has 4 rings (SSSR count). The molecule has 0 aromatic heterocycles. The second kappa shape index (κ2) is 5.47. The molecule has 2 atom stereocenters. The first-order valence-corrected chi connectivity index (χ1v) is 7.71. The number of anilines is 1. The highest BCUT2D eigenvalue weighted by atomic mass is 19.4. The lowest BCUT2D eigenvalue weighted by atomic mass is 9.99. The molecule has 0 unspecified atom stereocenters. The van der Waals surface area contributed by atoms with Gasteiger partial charge < -0.3 is 14.7 Å². The molecule has 0 aliphatic carbocycles. The molecule has 0 spiro atoms. The van der Waals surface area contributed by atoms with Gasteiger partial charge in [0.15, 0.2) is 6.23 Å². The van der Waals surface area contributed by atoms with E-state index in [1.807, 2.05) is 24.3 Å². The van der Waals surface area contributed by atoms with Crippen LogP contribution in [-0.2, 0) is 4.74 Å². The third-order valence-corrected chi connectivity index (χ3v) is 4.26. The Balaban J connectivity index is 1.93. The molecule has 1 N–H and O–H groups in total. The van der Waals surface area contributed by atoms with Crippen LogP contribution in [0.2, 0.25) is 0 Å². The van der Waals surface area contributed by atoms with Crippen LogP contribution in [0.15, 0.2) is 66.7 Å². The average molecular weight is 345 g/mol. The zero-order valence-electron chi connectivity index (χ0n) is 12.9. The van der Waals surface area contributed by atoms with E-state index < -0.39 is 18.2 Å². The van der Waals surface area contributed by atoms with Crippen molar-refractivity contribution in [2.75, 3.05) is 4.90 Å². The van der Waals surface area contributed by atoms with Crippen molar-refractivity contribution in [3.05, 3.63) is 77.9 Å². The predicted octanol–water partition coefficient (Wildman–Crippen LogP) is 4.17. The van der Waals surface area contributed by atoms with E-state index in [1.54, 1.807) is 41.3 Å². The molecule has 2 aliphatic heterocycles. The van der Waals surface area contributed by atoms with E-state index in [4.69, 9.17) is 4.74 Å². The van der Waals surface area contributed by atoms with Crippen molar-refractivity contribution < 1.29 is 23.0 Å². The molecule has 0 bridgehead atoms. The molecule has 0 saturated carbocycles. The molecule has 3 nitrogen and oxygen atoms in total. The summed E-state index contributed by atoms with van der Waals surface area (Å²) >= 11 is 0. The van der Waals surface area contributed by atoms with E-state index in [0.717, 1.165) is 11.6 Å². The van der Waals surface area contributed by atoms with Gasteiger partial charge in [-0.2, -0.15) is 13.2 Å². The highest BCUT2D eigenvalue weighted by Gasteiger charge is 2.58. The summed E-state index contributed by atoms with van der Waals surface area (Å²) in [6.45, 7) is 0. The highest BCUT2D eigenvalue weighted by Crippen LogP contribution is 2.45. The largest absolute Gasteiger partial charge is 0.447 e. The molecule has 6 heteroatoms. The Kier molecular flexibility index (Phi) is 3.49. The normalized spacial score (nSPS) is 25.2. The summed E-state index contributed by atoms with van der Waals surface area (Å²) in [5.41, 5.74) is 2.38. The van der Waals surface area contributed by atoms with Crippen molar-refractivity contribution in [1.29, 1.82) is 0 Å². The number of hydrogen-bond acceptors (Lipinski definition) is 3. The van der Waals surface area contributed by atoms with Gasteiger partial charge in [-0.25, -0.2) is 0 Å². The fourth-order valence-corrected chi connectivity index (χ4v) is 3.07. The Morgan fingerprint density at radius 2 is 1.68 bits per heavy atom. The second-order valence-electron chi connectivity index (χ2n) is 5.89. The lowest BCUT2D eigenvalue weighted by molar-refractivity contribution is -0.350. The molecule has 0 saturated heterocycles. The summed E-state index contributed by atoms with van der Waals surface area (Å²) in [7, 11) is 0. The van der Waals surface area contributed by atoms with Crippen molar-refractivity contribution in [2.45, 2.75) is 18.2 Å². The van der Waals surface area contributed by atoms with Crippen molar-refractivity contribution >= 4 is 17.5 Å². The van der Waals surface area contributed by atoms with E-state index in [0.29, 0.717) is 11.3 Å². The first-order chi connectivity index (χ1) is 11.9. The SMILES string of the molecule is O[C@]1(C(F)(F)F)C=C(c2ccccc2)N2c3ccccc3C=C[C@H]2O1. The molecule has 2 aliphatic rings. The summed E-state index contributed by atoms with van der Waals surface area (Å²) in [5, 5.41) is 10.1. The van der Waals surface area contributed by atoms with Crippen LogP contribution in [0.5, 0.6) is 0 Å². The third-order valence-electron chi connectivity index (χ3n) is 4.26. The van der Waals surface area contributed by atoms with Gasteiger partial charge in [0.2, 0.25) is 0 Å². The first-order valence-electron chi connectivity index (χ1n) is 7.71. The minimum atomic E-state index is -4.95. The molecule has 0 amide bonds. The van der Waals surface area contributed by atoms with Gasteiger partial charge in [0.05, 0.1) is 11.4 Å². The summed E-state index contributed by atoms with van der Waals surface area (Å²) < 4.78 is 45.3. The first kappa shape index (κ1) is 15.9. The maximum Gasteiger partial charge on any atom is 0.447 e. The number of halogens is 3. The second-order valence-corrected chi connectivity index (χ2v) is 5.89. The van der Waals surface area contributed by atoms with Crippen LogP contribution in [0.1, 0.15) is 11.1 Å². The molecule has 0 fully saturated rings. The monoisotopic (exact) mass is 345 g/mol. The number of fused-ring (bicyclic) bond motifs is 3. The molecular formula is C19H14F3NO2. The number of para-hydroxylation sites is 1. The molecule has 128 valence electrons. The molecular weight excluding hydrogens is 331 g/mol. The Hall–Kier alpha value is -2.57. The van der Waals surface area contributed by atoms with Gasteiger partial charge in [-0.3, -0.25) is 0 Å². The number of ether oxygens (including phenoxy) is 1. The maximum atomic E-state index is 13.4. The van der Waals surface area contributed by atoms with Crippen molar-refractivity contribution in [2.24, 2.45) is 0 Å². The Morgan fingerprint density at radius 3 is 2.40 bits per heavy atom. The van der Waals surface area contributed by atoms with E-state index >= 15 is 0 Å². The Labute approximate surface area is 142 Å². The highest BCUT2D eigenvalue weighted by molar-refractivity contribution is 5.87. The standard InChI is InChI=1S/C19H14F3NO2/c20-19(21,22)18(24)12-16(13-6-2-1-3-7-13)23-15-9-5-4-8-14(15)10-11-17(23)25-18/h1-12,17,24H/t17-,18-/m1/s1. The molecule has 2 aromatic rings. The van der Waals surface area contributed by atoms with Crippen LogP contribution < -0.4 is 4.90 Å². The molecule has 25 heavy (non-hydrogen) atoms. The van der Waals surface area contributed by atoms with Gasteiger partial charge in [0.1, 0.15) is 0 Å². The maximum absolute atomic E-state index is 13.4. The fourth-order valence-electron chi connectivity index (χ4n) is 3.07. The zero-order chi connectivity index (χ0) is 17.7. The number of rotatable bonds is 1. The van der Waals surface area contributed by atoms with E-state index in [2.05, 4.69) is 0 Å². The van der Waals surface area contributed by atoms with Gasteiger partial charge in [-0.15, -0.1) is 0 Å². The number of nitrogens with zero attached hydrogens (tertiary/aromatic N) is 1. The minimum absolute atomic E-state index is 0.244. The molecule has 2 heterocycles. The zero-order valence-corrected chi connectivity index (χ0v) is 12.9. The summed E-state index contributed by atoms with van der Waals surface area (Å²) in [5.74, 6) is -3.35. The topological polar surface area (TPSA) is 32.7 Å². The third kappa shape index (κ3) is 2.54. The fraction of sp³-hybridized carbons (Fsp3) is 0.158. The van der Waals surface area contributed by atoms with E-state index in [1.165, 1.54) is 6.08 Å². The molecule has 0 radical (unpaired) electrons. The van der Waals surface area contributed by atoms with Gasteiger partial charge in [0.25, 0.3) is 5.79 Å². The number of aliphatic hydroxyl groups is 1. The quantitative estimate of drug-likeness (QED) is 0.842. The van der Waals surface area contributed by atoms with E-state index in [9.17, 15) is 18.3 Å². The summed E-state index contributed by atoms with van der Waals surface area (Å²) in [4.78, 5) is 1.66. The lowest BCUT2D eigenvalue weighted by Gasteiger charge is -2.45. The molecule has 2 aromatic carbocycles. The Bertz CT molecular complexity index is 860. The number of alkyl halides is 3. The summed E-state index contributed by atoms with van der Waals surface area (Å²) in [6, 6.07) is 16.0. The van der Waals surface area contributed by atoms with Crippen molar-refractivity contribution in [3.8, 4) is 0 Å². The van der Waals surface area contributed by atoms with Gasteiger partial charge in [-0.1, -0.05) is 54.6 Å². The van der Waals surface area contributed by atoms with Gasteiger partial charge in [0, 0.05) is 6.08 Å². The number of hydrogen-bond donors (Lipinski definition) is 1. The van der Waals surface area contributed by atoms with Crippen LogP contribution in [-0.4, -0.2) is 23.3 Å². The van der Waals surface area contributed by atoms with Gasteiger partial charge in [-0.05, 0) is 23.3 Å². The van der Waals surface area contributed by atoms with Crippen LogP contribution in [0, 0.1) is 0 Å². The Morgan fingerprint density at radius 1 is 1.00 bits per heavy atom. The van der Waals surface area contributed by atoms with Crippen LogP contribution in [0.25, 0.3) is 11.8 Å². The number of benzene rings is 2. The minimum Gasteiger partial charge on any atom is -0.355 e. The van der Waals surface area contributed by atoms with Crippen LogP contribution >= 0.6 is 0 Å².